The molecule has 4 atom stereocenters. The van der Waals surface area contributed by atoms with Gasteiger partial charge in [0.05, 0.1) is 12.6 Å². The normalized spacial score (nSPS) is 23.1. The van der Waals surface area contributed by atoms with Gasteiger partial charge in [0.2, 0.25) is 0 Å². The highest BCUT2D eigenvalue weighted by Gasteiger charge is 2.50. The Balaban J connectivity index is 1.73. The van der Waals surface area contributed by atoms with Crippen molar-refractivity contribution in [2.24, 2.45) is 13.0 Å². The summed E-state index contributed by atoms with van der Waals surface area (Å²) in [5, 5.41) is 20.7. The molecular formula is C20H32N6O7Si. The summed E-state index contributed by atoms with van der Waals surface area (Å²) >= 11 is 0. The predicted molar refractivity (Wildman–Crippen MR) is 122 cm³/mol. The fourth-order valence-corrected chi connectivity index (χ4v) is 4.49. The maximum Gasteiger partial charge on any atom is 0.407 e. The molecule has 1 aliphatic heterocycles. The number of H-pyrrole nitrogens is 1. The molecular weight excluding hydrogens is 464 g/mol. The van der Waals surface area contributed by atoms with Gasteiger partial charge in [-0.2, -0.15) is 0 Å². The van der Waals surface area contributed by atoms with E-state index in [9.17, 15) is 24.3 Å². The van der Waals surface area contributed by atoms with E-state index in [0.29, 0.717) is 12.1 Å². The molecule has 0 radical (unpaired) electrons. The van der Waals surface area contributed by atoms with Crippen molar-refractivity contribution < 1.29 is 24.2 Å². The molecule has 0 spiro atoms. The van der Waals surface area contributed by atoms with Crippen molar-refractivity contribution in [1.82, 2.24) is 29.9 Å². The van der Waals surface area contributed by atoms with E-state index in [1.165, 1.54) is 21.5 Å². The second kappa shape index (κ2) is 9.81. The smallest absolute Gasteiger partial charge is 0.407 e. The number of nitrogens with one attached hydrogen (secondary N) is 2. The van der Waals surface area contributed by atoms with Crippen LogP contribution in [0, 0.1) is 5.92 Å². The van der Waals surface area contributed by atoms with Gasteiger partial charge in [-0.25, -0.2) is 9.59 Å². The summed E-state index contributed by atoms with van der Waals surface area (Å²) in [5.41, 5.74) is -0.691. The molecule has 13 nitrogen and oxygen atoms in total. The monoisotopic (exact) mass is 496 g/mol. The van der Waals surface area contributed by atoms with Crippen molar-refractivity contribution in [3.05, 3.63) is 45.0 Å². The quantitative estimate of drug-likeness (QED) is 0.362. The lowest BCUT2D eigenvalue weighted by atomic mass is 9.89. The van der Waals surface area contributed by atoms with Gasteiger partial charge in [0.1, 0.15) is 24.6 Å². The van der Waals surface area contributed by atoms with Crippen molar-refractivity contribution >= 4 is 14.4 Å². The third kappa shape index (κ3) is 5.81. The number of rotatable bonds is 8. The number of amides is 1. The first-order valence-electron chi connectivity index (χ1n) is 10.9. The molecule has 4 N–H and O–H groups in total. The summed E-state index contributed by atoms with van der Waals surface area (Å²) in [4.78, 5) is 49.0. The van der Waals surface area contributed by atoms with Crippen LogP contribution in [0.1, 0.15) is 32.2 Å². The van der Waals surface area contributed by atoms with Gasteiger partial charge in [-0.15, -0.1) is 5.10 Å². The summed E-state index contributed by atoms with van der Waals surface area (Å²) in [7, 11) is -0.950. The minimum Gasteiger partial charge on any atom is -0.447 e. The van der Waals surface area contributed by atoms with Gasteiger partial charge < -0.3 is 24.7 Å². The number of carbonyl (C=O) groups excluding carboxylic acids is 1. The molecule has 2 aromatic rings. The van der Waals surface area contributed by atoms with Gasteiger partial charge >= 0.3 is 11.8 Å². The second-order valence-electron chi connectivity index (χ2n) is 9.72. The van der Waals surface area contributed by atoms with Gasteiger partial charge in [0.15, 0.2) is 8.32 Å². The first-order valence-corrected chi connectivity index (χ1v) is 13.9. The van der Waals surface area contributed by atoms with Crippen LogP contribution in [-0.2, 0) is 23.1 Å². The van der Waals surface area contributed by atoms with Crippen LogP contribution in [0.25, 0.3) is 0 Å². The van der Waals surface area contributed by atoms with Crippen molar-refractivity contribution in [1.29, 1.82) is 0 Å². The number of hydrogen-bond acceptors (Lipinski definition) is 9. The third-order valence-corrected chi connectivity index (χ3v) is 9.99. The van der Waals surface area contributed by atoms with Crippen LogP contribution in [0.3, 0.4) is 0 Å². The fraction of sp³-hybridized carbons (Fsp3) is 0.650. The third-order valence-electron chi connectivity index (χ3n) is 6.47. The second-order valence-corrected chi connectivity index (χ2v) is 14.2. The average Bonchev–Trinajstić information content (AvgIpc) is 3.27. The number of carbonyl (C=O) groups is 1. The highest BCUT2D eigenvalue weighted by atomic mass is 28.4. The van der Waals surface area contributed by atoms with E-state index >= 15 is 0 Å². The summed E-state index contributed by atoms with van der Waals surface area (Å²) in [5.74, 6) is -0.603. The molecule has 188 valence electrons. The van der Waals surface area contributed by atoms with Gasteiger partial charge in [0.25, 0.3) is 5.56 Å². The van der Waals surface area contributed by atoms with Gasteiger partial charge in [-0.05, 0) is 24.6 Å². The summed E-state index contributed by atoms with van der Waals surface area (Å²) in [6.45, 7) is 7.27. The maximum absolute atomic E-state index is 12.4. The Labute approximate surface area is 196 Å². The molecule has 14 heteroatoms. The Bertz CT molecular complexity index is 1120. The van der Waals surface area contributed by atoms with Gasteiger partial charge in [-0.3, -0.25) is 19.0 Å². The molecule has 1 saturated heterocycles. The lowest BCUT2D eigenvalue weighted by Crippen LogP contribution is -2.43. The van der Waals surface area contributed by atoms with E-state index in [1.807, 2.05) is 13.8 Å². The summed E-state index contributed by atoms with van der Waals surface area (Å²) in [6.07, 6.45) is -0.373. The first kappa shape index (κ1) is 25.8. The lowest BCUT2D eigenvalue weighted by molar-refractivity contribution is -0.0513. The number of aliphatic hydroxyl groups excluding tert-OH is 1. The van der Waals surface area contributed by atoms with E-state index in [2.05, 4.69) is 20.6 Å². The maximum atomic E-state index is 12.4. The first-order chi connectivity index (χ1) is 15.8. The molecule has 1 aliphatic rings. The van der Waals surface area contributed by atoms with Crippen LogP contribution < -0.4 is 16.6 Å². The lowest BCUT2D eigenvalue weighted by Gasteiger charge is -2.38. The van der Waals surface area contributed by atoms with E-state index in [4.69, 9.17) is 9.47 Å². The van der Waals surface area contributed by atoms with Crippen molar-refractivity contribution in [2.75, 3.05) is 6.61 Å². The van der Waals surface area contributed by atoms with E-state index in [0.717, 1.165) is 0 Å². The predicted octanol–water partition coefficient (Wildman–Crippen LogP) is -0.166. The molecule has 0 saturated carbocycles. The summed E-state index contributed by atoms with van der Waals surface area (Å²) in [6, 6.07) is 1.19. The SMILES string of the molecule is Cn1cc(CNC(=O)OC[C@H]2O[C@@H](n3ccc(=O)[nH]c3=O)[C@@H](CC(C)(C)[Si](C)(C)O)C2O)nn1. The molecule has 0 aliphatic carbocycles. The van der Waals surface area contributed by atoms with Crippen molar-refractivity contribution in [3.8, 4) is 0 Å². The van der Waals surface area contributed by atoms with Crippen LogP contribution in [0.15, 0.2) is 28.0 Å². The van der Waals surface area contributed by atoms with Gasteiger partial charge in [-0.1, -0.05) is 19.1 Å². The number of aliphatic hydroxyl groups is 1. The van der Waals surface area contributed by atoms with Crippen LogP contribution in [-0.4, -0.2) is 67.7 Å². The zero-order valence-corrected chi connectivity index (χ0v) is 20.9. The molecule has 34 heavy (non-hydrogen) atoms. The Morgan fingerprint density at radius 1 is 1.38 bits per heavy atom. The van der Waals surface area contributed by atoms with Crippen molar-refractivity contribution in [2.45, 2.75) is 63.4 Å². The molecule has 2 aromatic heterocycles. The fourth-order valence-electron chi connectivity index (χ4n) is 3.75. The zero-order valence-electron chi connectivity index (χ0n) is 19.9. The number of hydrogen-bond donors (Lipinski definition) is 4. The highest BCUT2D eigenvalue weighted by molar-refractivity contribution is 6.72. The molecule has 0 bridgehead atoms. The largest absolute Gasteiger partial charge is 0.447 e. The molecule has 3 heterocycles. The topological polar surface area (TPSA) is 174 Å². The van der Waals surface area contributed by atoms with Crippen molar-refractivity contribution in [3.63, 3.8) is 0 Å². The van der Waals surface area contributed by atoms with E-state index in [1.54, 1.807) is 26.3 Å². The standard InChI is InChI=1S/C20H32N6O7Si/c1-20(2,34(4,5)31)8-13-16(28)14(33-17(13)26-7-6-15(27)22-18(26)29)11-32-19(30)21-9-12-10-25(3)24-23-12/h6-7,10,13-14,16-17,28,31H,8-9,11H2,1-5H3,(H,21,30)(H,22,27,29)/t13-,14+,16?,17+/m0/s1. The Hall–Kier alpha value is -2.81. The Kier molecular flexibility index (Phi) is 7.45. The van der Waals surface area contributed by atoms with Crippen LogP contribution in [0.2, 0.25) is 18.1 Å². The van der Waals surface area contributed by atoms with Crippen LogP contribution in [0.5, 0.6) is 0 Å². The number of nitrogens with zero attached hydrogens (tertiary/aromatic N) is 4. The zero-order chi connectivity index (χ0) is 25.3. The number of alkyl carbamates (subject to hydrolysis) is 1. The molecule has 1 amide bonds. The molecule has 1 unspecified atom stereocenters. The minimum absolute atomic E-state index is 0.114. The number of aromatic amines is 1. The summed E-state index contributed by atoms with van der Waals surface area (Å²) < 4.78 is 13.9. The van der Waals surface area contributed by atoms with E-state index in [-0.39, 0.29) is 13.2 Å². The molecule has 3 rings (SSSR count). The van der Waals surface area contributed by atoms with Gasteiger partial charge in [0, 0.05) is 31.4 Å². The minimum atomic E-state index is -2.65. The molecule has 1 fully saturated rings. The number of aryl methyl sites for hydroxylation is 1. The molecule has 0 aromatic carbocycles. The average molecular weight is 497 g/mol. The number of aromatic nitrogens is 5. The number of ether oxygens (including phenoxy) is 2. The highest BCUT2D eigenvalue weighted by Crippen LogP contribution is 2.48. The van der Waals surface area contributed by atoms with E-state index < -0.39 is 55.1 Å². The van der Waals surface area contributed by atoms with Crippen LogP contribution >= 0.6 is 0 Å². The Morgan fingerprint density at radius 2 is 2.09 bits per heavy atom. The Morgan fingerprint density at radius 3 is 2.68 bits per heavy atom. The van der Waals surface area contributed by atoms with Crippen LogP contribution in [0.4, 0.5) is 4.79 Å².